The van der Waals surface area contributed by atoms with Gasteiger partial charge in [-0.15, -0.1) is 0 Å². The third-order valence-corrected chi connectivity index (χ3v) is 9.65. The quantitative estimate of drug-likeness (QED) is 0.235. The smallest absolute Gasteiger partial charge is 0.176 e. The molecule has 0 amide bonds. The highest BCUT2D eigenvalue weighted by atomic mass is 19.1. The van der Waals surface area contributed by atoms with Gasteiger partial charge >= 0.3 is 0 Å². The average molecular weight is 587 g/mol. The molecular weight excluding hydrogens is 551 g/mol. The van der Waals surface area contributed by atoms with Gasteiger partial charge in [-0.05, 0) is 68.2 Å². The van der Waals surface area contributed by atoms with E-state index in [0.29, 0.717) is 46.6 Å². The fourth-order valence-corrected chi connectivity index (χ4v) is 7.50. The van der Waals surface area contributed by atoms with Crippen molar-refractivity contribution in [2.75, 3.05) is 20.3 Å². The fraction of sp³-hybridized carbons (Fsp3) is 0.484. The fourth-order valence-electron chi connectivity index (χ4n) is 7.50. The van der Waals surface area contributed by atoms with Crippen LogP contribution in [-0.4, -0.2) is 66.7 Å². The summed E-state index contributed by atoms with van der Waals surface area (Å²) in [5.74, 6) is 1.64. The monoisotopic (exact) mass is 586 g/mol. The van der Waals surface area contributed by atoms with Crippen LogP contribution in [0.15, 0.2) is 36.8 Å². The number of halogens is 1. The zero-order valence-corrected chi connectivity index (χ0v) is 24.3. The Hall–Kier alpha value is -4.21. The maximum atomic E-state index is 13.5. The molecule has 2 bridgehead atoms. The Morgan fingerprint density at radius 2 is 2.00 bits per heavy atom. The normalized spacial score (nSPS) is 24.0. The lowest BCUT2D eigenvalue weighted by atomic mass is 9.80. The number of nitrogens with one attached hydrogen (secondary N) is 1. The van der Waals surface area contributed by atoms with E-state index >= 15 is 0 Å². The van der Waals surface area contributed by atoms with Crippen LogP contribution in [0.5, 0.6) is 11.5 Å². The number of nitrogens with zero attached hydrogens (tertiary/aromatic N) is 7. The number of rotatable bonds is 8. The minimum Gasteiger partial charge on any atom is -0.493 e. The minimum atomic E-state index is -0.821. The van der Waals surface area contributed by atoms with Crippen molar-refractivity contribution in [1.29, 1.82) is 5.26 Å². The Balaban J connectivity index is 1.19. The van der Waals surface area contributed by atoms with Crippen LogP contribution < -0.4 is 14.8 Å². The van der Waals surface area contributed by atoms with Gasteiger partial charge in [0.05, 0.1) is 49.7 Å². The van der Waals surface area contributed by atoms with Gasteiger partial charge in [-0.3, -0.25) is 14.6 Å². The highest BCUT2D eigenvalue weighted by Crippen LogP contribution is 2.45. The second-order valence-corrected chi connectivity index (χ2v) is 11.9. The van der Waals surface area contributed by atoms with Crippen molar-refractivity contribution in [3.63, 3.8) is 0 Å². The van der Waals surface area contributed by atoms with E-state index < -0.39 is 11.9 Å². The summed E-state index contributed by atoms with van der Waals surface area (Å²) in [5, 5.41) is 32.0. The number of hydrogen-bond donors (Lipinski definition) is 2. The highest BCUT2D eigenvalue weighted by molar-refractivity contribution is 5.75. The summed E-state index contributed by atoms with van der Waals surface area (Å²) in [6.07, 6.45) is 10.7. The Kier molecular flexibility index (Phi) is 7.15. The third-order valence-electron chi connectivity index (χ3n) is 9.65. The Bertz CT molecular complexity index is 1660. The molecular formula is C31H35FN8O3. The Morgan fingerprint density at radius 3 is 2.70 bits per heavy atom. The van der Waals surface area contributed by atoms with Crippen LogP contribution in [0.3, 0.4) is 0 Å². The number of aliphatic hydroxyl groups is 1. The van der Waals surface area contributed by atoms with Gasteiger partial charge in [-0.1, -0.05) is 0 Å². The average Bonchev–Trinajstić information content (AvgIpc) is 3.66. The molecule has 4 aromatic heterocycles. The van der Waals surface area contributed by atoms with E-state index in [1.807, 2.05) is 12.3 Å². The van der Waals surface area contributed by atoms with Crippen LogP contribution in [0.25, 0.3) is 16.8 Å². The molecule has 0 aromatic carbocycles. The van der Waals surface area contributed by atoms with Crippen molar-refractivity contribution in [2.45, 2.75) is 63.9 Å². The molecule has 12 heteroatoms. The second-order valence-electron chi connectivity index (χ2n) is 11.9. The minimum absolute atomic E-state index is 0.335. The van der Waals surface area contributed by atoms with Crippen molar-refractivity contribution in [3.8, 4) is 28.9 Å². The predicted molar refractivity (Wildman–Crippen MR) is 155 cm³/mol. The van der Waals surface area contributed by atoms with E-state index in [1.165, 1.54) is 30.7 Å². The van der Waals surface area contributed by atoms with Crippen molar-refractivity contribution < 1.29 is 19.0 Å². The summed E-state index contributed by atoms with van der Waals surface area (Å²) in [7, 11) is 1.57. The molecule has 2 fully saturated rings. The number of hydrogen-bond acceptors (Lipinski definition) is 9. The van der Waals surface area contributed by atoms with Crippen LogP contribution in [0, 0.1) is 36.0 Å². The van der Waals surface area contributed by atoms with Gasteiger partial charge in [0.15, 0.2) is 29.3 Å². The summed E-state index contributed by atoms with van der Waals surface area (Å²) < 4.78 is 29.2. The molecule has 5 heterocycles. The molecule has 4 aromatic rings. The molecule has 43 heavy (non-hydrogen) atoms. The van der Waals surface area contributed by atoms with Gasteiger partial charge in [-0.2, -0.15) is 15.5 Å². The van der Waals surface area contributed by atoms with Crippen LogP contribution in [-0.2, 0) is 13.1 Å². The zero-order valence-electron chi connectivity index (χ0n) is 24.3. The van der Waals surface area contributed by atoms with Crippen LogP contribution >= 0.6 is 0 Å². The number of fused-ring (bicyclic) bond motifs is 4. The largest absolute Gasteiger partial charge is 0.493 e. The van der Waals surface area contributed by atoms with Gasteiger partial charge in [0.25, 0.3) is 0 Å². The lowest BCUT2D eigenvalue weighted by Gasteiger charge is -2.42. The molecule has 2 saturated carbocycles. The van der Waals surface area contributed by atoms with Gasteiger partial charge < -0.3 is 19.9 Å². The molecule has 11 nitrogen and oxygen atoms in total. The summed E-state index contributed by atoms with van der Waals surface area (Å²) in [6, 6.07) is 5.54. The molecule has 0 radical (unpaired) electrons. The first-order chi connectivity index (χ1) is 21.0. The SMILES string of the molecule is COc1cnn2cc(-c3nn4c(c3C)CN(C3CC5CCC(C3)C5NC#N)CC4)cc(O[C@H](CO)c3ccc(F)cn3)c12. The Labute approximate surface area is 248 Å². The molecule has 2 aliphatic carbocycles. The topological polar surface area (TPSA) is 126 Å². The predicted octanol–water partition coefficient (Wildman–Crippen LogP) is 3.60. The second kappa shape index (κ2) is 11.1. The third kappa shape index (κ3) is 4.86. The number of pyridine rings is 2. The molecule has 2 unspecified atom stereocenters. The first kappa shape index (κ1) is 27.6. The molecule has 0 saturated heterocycles. The van der Waals surface area contributed by atoms with Crippen LogP contribution in [0.2, 0.25) is 0 Å². The van der Waals surface area contributed by atoms with E-state index in [-0.39, 0.29) is 6.61 Å². The maximum absolute atomic E-state index is 13.5. The summed E-state index contributed by atoms with van der Waals surface area (Å²) >= 11 is 0. The Morgan fingerprint density at radius 1 is 1.19 bits per heavy atom. The van der Waals surface area contributed by atoms with Gasteiger partial charge in [-0.25, -0.2) is 8.91 Å². The molecule has 1 aliphatic heterocycles. The van der Waals surface area contributed by atoms with E-state index in [4.69, 9.17) is 14.6 Å². The number of nitriles is 1. The van der Waals surface area contributed by atoms with Crippen LogP contribution in [0.4, 0.5) is 4.39 Å². The van der Waals surface area contributed by atoms with E-state index in [9.17, 15) is 14.8 Å². The molecule has 0 spiro atoms. The molecule has 7 rings (SSSR count). The van der Waals surface area contributed by atoms with E-state index in [0.717, 1.165) is 55.5 Å². The van der Waals surface area contributed by atoms with E-state index in [1.54, 1.807) is 17.8 Å². The summed E-state index contributed by atoms with van der Waals surface area (Å²) in [5.41, 5.74) is 5.00. The standard InChI is InChI=1S/C31H35FN8O3/c1-18-25-15-38(23-9-19-3-4-20(10-23)30(19)35-17-33)7-8-39(25)37-29(18)21-11-26(31-27(42-2)13-36-40(31)14-21)43-28(16-41)24-6-5-22(32)12-34-24/h5-6,11-14,19-20,23,28,30,35,41H,3-4,7-10,15-16H2,1-2H3/t19?,20?,23?,28-,30?/m1/s1. The van der Waals surface area contributed by atoms with Crippen molar-refractivity contribution in [3.05, 3.63) is 59.6 Å². The van der Waals surface area contributed by atoms with Gasteiger partial charge in [0.1, 0.15) is 5.82 Å². The summed E-state index contributed by atoms with van der Waals surface area (Å²) in [6.45, 7) is 4.35. The lowest BCUT2D eigenvalue weighted by molar-refractivity contribution is 0.0823. The molecule has 2 N–H and O–H groups in total. The molecule has 3 aliphatic rings. The first-order valence-electron chi connectivity index (χ1n) is 14.9. The van der Waals surface area contributed by atoms with E-state index in [2.05, 4.69) is 38.1 Å². The first-order valence-corrected chi connectivity index (χ1v) is 14.9. The van der Waals surface area contributed by atoms with Crippen LogP contribution in [0.1, 0.15) is 48.7 Å². The maximum Gasteiger partial charge on any atom is 0.176 e. The van der Waals surface area contributed by atoms with Crippen molar-refractivity contribution >= 4 is 5.52 Å². The van der Waals surface area contributed by atoms with Crippen molar-refractivity contribution in [1.82, 2.24) is 34.6 Å². The summed E-state index contributed by atoms with van der Waals surface area (Å²) in [4.78, 5) is 6.73. The van der Waals surface area contributed by atoms with Gasteiger partial charge in [0, 0.05) is 36.9 Å². The highest BCUT2D eigenvalue weighted by Gasteiger charge is 2.44. The number of aromatic nitrogens is 5. The zero-order chi connectivity index (χ0) is 29.7. The van der Waals surface area contributed by atoms with Gasteiger partial charge in [0.2, 0.25) is 0 Å². The number of aliphatic hydroxyl groups excluding tert-OH is 1. The van der Waals surface area contributed by atoms with Crippen molar-refractivity contribution in [2.24, 2.45) is 11.8 Å². The lowest BCUT2D eigenvalue weighted by Crippen LogP contribution is -2.49. The number of methoxy groups -OCH3 is 1. The number of ether oxygens (including phenoxy) is 2. The molecule has 224 valence electrons. The molecule has 3 atom stereocenters.